The Kier molecular flexibility index (Phi) is 4.14. The number of anilines is 1. The third-order valence-electron chi connectivity index (χ3n) is 3.33. The lowest BCUT2D eigenvalue weighted by Crippen LogP contribution is -2.12. The van der Waals surface area contributed by atoms with Crippen LogP contribution in [0.3, 0.4) is 0 Å². The SMILES string of the molecule is COc1ccc(NS(=O)(=O)c2ccc3nc(S(=O)(=O)O)[nH]c3c2)cc1. The van der Waals surface area contributed by atoms with E-state index < -0.39 is 25.3 Å². The molecule has 0 saturated heterocycles. The van der Waals surface area contributed by atoms with Gasteiger partial charge in [-0.1, -0.05) is 0 Å². The lowest BCUT2D eigenvalue weighted by Gasteiger charge is -2.08. The van der Waals surface area contributed by atoms with E-state index >= 15 is 0 Å². The zero-order valence-corrected chi connectivity index (χ0v) is 14.4. The van der Waals surface area contributed by atoms with Crippen molar-refractivity contribution in [2.45, 2.75) is 10.1 Å². The molecule has 1 heterocycles. The third kappa shape index (κ3) is 3.57. The van der Waals surface area contributed by atoms with Crippen molar-refractivity contribution in [1.29, 1.82) is 0 Å². The maximum Gasteiger partial charge on any atom is 0.328 e. The number of fused-ring (bicyclic) bond motifs is 1. The van der Waals surface area contributed by atoms with Gasteiger partial charge in [-0.15, -0.1) is 0 Å². The molecule has 3 aromatic rings. The van der Waals surface area contributed by atoms with Gasteiger partial charge in [-0.3, -0.25) is 9.27 Å². The predicted octanol–water partition coefficient (Wildman–Crippen LogP) is 1.62. The number of nitrogens with one attached hydrogen (secondary N) is 2. The van der Waals surface area contributed by atoms with Crippen LogP contribution >= 0.6 is 0 Å². The summed E-state index contributed by atoms with van der Waals surface area (Å²) in [7, 11) is -6.91. The highest BCUT2D eigenvalue weighted by atomic mass is 32.2. The molecule has 9 nitrogen and oxygen atoms in total. The van der Waals surface area contributed by atoms with Crippen LogP contribution in [0.5, 0.6) is 5.75 Å². The summed E-state index contributed by atoms with van der Waals surface area (Å²) in [5.41, 5.74) is 0.699. The number of hydrogen-bond acceptors (Lipinski definition) is 6. The van der Waals surface area contributed by atoms with Crippen molar-refractivity contribution < 1.29 is 26.1 Å². The smallest absolute Gasteiger partial charge is 0.328 e. The highest BCUT2D eigenvalue weighted by Crippen LogP contribution is 2.22. The van der Waals surface area contributed by atoms with Crippen LogP contribution < -0.4 is 9.46 Å². The summed E-state index contributed by atoms with van der Waals surface area (Å²) in [6.45, 7) is 0. The van der Waals surface area contributed by atoms with Gasteiger partial charge in [0.15, 0.2) is 0 Å². The molecule has 0 atom stereocenters. The van der Waals surface area contributed by atoms with E-state index in [2.05, 4.69) is 14.7 Å². The van der Waals surface area contributed by atoms with Crippen molar-refractivity contribution in [1.82, 2.24) is 9.97 Å². The van der Waals surface area contributed by atoms with Gasteiger partial charge in [-0.2, -0.15) is 8.42 Å². The summed E-state index contributed by atoms with van der Waals surface area (Å²) >= 11 is 0. The average molecular weight is 383 g/mol. The zero-order valence-electron chi connectivity index (χ0n) is 12.8. The van der Waals surface area contributed by atoms with Crippen molar-refractivity contribution in [3.63, 3.8) is 0 Å². The molecule has 0 bridgehead atoms. The lowest BCUT2D eigenvalue weighted by molar-refractivity contribution is 0.415. The first-order valence-corrected chi connectivity index (χ1v) is 9.75. The number of methoxy groups -OCH3 is 1. The number of sulfonamides is 1. The maximum atomic E-state index is 12.5. The molecule has 1 aromatic heterocycles. The Morgan fingerprint density at radius 3 is 2.36 bits per heavy atom. The number of aromatic nitrogens is 2. The first kappa shape index (κ1) is 17.2. The van der Waals surface area contributed by atoms with Crippen LogP contribution in [0.4, 0.5) is 5.69 Å². The quantitative estimate of drug-likeness (QED) is 0.569. The molecule has 2 aromatic carbocycles. The molecule has 0 spiro atoms. The Bertz CT molecular complexity index is 1140. The summed E-state index contributed by atoms with van der Waals surface area (Å²) in [5, 5.41) is -0.653. The molecule has 0 unspecified atom stereocenters. The normalized spacial score (nSPS) is 12.2. The average Bonchev–Trinajstić information content (AvgIpc) is 2.99. The van der Waals surface area contributed by atoms with Crippen molar-refractivity contribution in [3.05, 3.63) is 42.5 Å². The van der Waals surface area contributed by atoms with E-state index in [0.29, 0.717) is 11.4 Å². The number of benzene rings is 2. The second-order valence-electron chi connectivity index (χ2n) is 5.03. The van der Waals surface area contributed by atoms with Crippen LogP contribution in [0, 0.1) is 0 Å². The van der Waals surface area contributed by atoms with Gasteiger partial charge in [0.1, 0.15) is 5.75 Å². The van der Waals surface area contributed by atoms with Crippen LogP contribution in [0.15, 0.2) is 52.5 Å². The van der Waals surface area contributed by atoms with Crippen LogP contribution in [-0.2, 0) is 20.1 Å². The standard InChI is InChI=1S/C14H13N3O6S2/c1-23-10-4-2-9(3-5-10)17-24(18,19)11-6-7-12-13(8-11)16-14(15-12)25(20,21)22/h2-8,17H,1H3,(H,15,16)(H,20,21,22). The lowest BCUT2D eigenvalue weighted by atomic mass is 10.3. The van der Waals surface area contributed by atoms with Gasteiger partial charge in [0.25, 0.3) is 15.2 Å². The number of aromatic amines is 1. The summed E-state index contributed by atoms with van der Waals surface area (Å²) < 4.78 is 63.5. The summed E-state index contributed by atoms with van der Waals surface area (Å²) in [6.07, 6.45) is 0. The Balaban J connectivity index is 1.95. The summed E-state index contributed by atoms with van der Waals surface area (Å²) in [6, 6.07) is 10.1. The molecule has 0 radical (unpaired) electrons. The van der Waals surface area contributed by atoms with Crippen molar-refractivity contribution in [3.8, 4) is 5.75 Å². The minimum atomic E-state index is -4.51. The highest BCUT2D eigenvalue weighted by molar-refractivity contribution is 7.92. The number of ether oxygens (including phenoxy) is 1. The summed E-state index contributed by atoms with van der Waals surface area (Å²) in [4.78, 5) is 5.96. The Morgan fingerprint density at radius 1 is 1.08 bits per heavy atom. The van der Waals surface area contributed by atoms with Gasteiger partial charge in [0.05, 0.1) is 23.0 Å². The molecule has 3 N–H and O–H groups in total. The maximum absolute atomic E-state index is 12.5. The largest absolute Gasteiger partial charge is 0.497 e. The molecule has 0 fully saturated rings. The molecule has 0 aliphatic heterocycles. The van der Waals surface area contributed by atoms with Crippen LogP contribution in [0.2, 0.25) is 0 Å². The second-order valence-corrected chi connectivity index (χ2v) is 8.05. The number of nitrogens with zero attached hydrogens (tertiary/aromatic N) is 1. The third-order valence-corrected chi connectivity index (χ3v) is 5.39. The van der Waals surface area contributed by atoms with Gasteiger partial charge in [-0.05, 0) is 42.5 Å². The number of hydrogen-bond donors (Lipinski definition) is 3. The van der Waals surface area contributed by atoms with Crippen LogP contribution in [0.25, 0.3) is 11.0 Å². The molecular weight excluding hydrogens is 370 g/mol. The molecule has 132 valence electrons. The van der Waals surface area contributed by atoms with E-state index in [9.17, 15) is 16.8 Å². The number of H-pyrrole nitrogens is 1. The molecule has 11 heteroatoms. The van der Waals surface area contributed by atoms with E-state index in [-0.39, 0.29) is 15.9 Å². The molecule has 0 amide bonds. The molecule has 25 heavy (non-hydrogen) atoms. The van der Waals surface area contributed by atoms with E-state index in [4.69, 9.17) is 9.29 Å². The monoisotopic (exact) mass is 383 g/mol. The molecule has 0 aliphatic carbocycles. The minimum absolute atomic E-state index is 0.0960. The Hall–Kier alpha value is -2.63. The Morgan fingerprint density at radius 2 is 1.76 bits per heavy atom. The first-order valence-electron chi connectivity index (χ1n) is 6.83. The Labute approximate surface area is 143 Å². The van der Waals surface area contributed by atoms with Gasteiger partial charge < -0.3 is 9.72 Å². The fourth-order valence-corrected chi connectivity index (χ4v) is 3.66. The predicted molar refractivity (Wildman–Crippen MR) is 89.7 cm³/mol. The fraction of sp³-hybridized carbons (Fsp3) is 0.0714. The van der Waals surface area contributed by atoms with Crippen molar-refractivity contribution in [2.75, 3.05) is 11.8 Å². The van der Waals surface area contributed by atoms with Gasteiger partial charge in [-0.25, -0.2) is 13.4 Å². The van der Waals surface area contributed by atoms with Crippen LogP contribution in [-0.4, -0.2) is 38.5 Å². The van der Waals surface area contributed by atoms with E-state index in [1.165, 1.54) is 25.3 Å². The topological polar surface area (TPSA) is 138 Å². The fourth-order valence-electron chi connectivity index (χ4n) is 2.13. The molecule has 0 saturated carbocycles. The minimum Gasteiger partial charge on any atom is -0.497 e. The van der Waals surface area contributed by atoms with Crippen molar-refractivity contribution in [2.24, 2.45) is 0 Å². The van der Waals surface area contributed by atoms with E-state index in [1.54, 1.807) is 24.3 Å². The zero-order chi connectivity index (χ0) is 18.2. The molecule has 0 aliphatic rings. The van der Waals surface area contributed by atoms with E-state index in [1.807, 2.05) is 0 Å². The van der Waals surface area contributed by atoms with Gasteiger partial charge in [0, 0.05) is 5.69 Å². The number of rotatable bonds is 5. The number of imidazole rings is 1. The first-order chi connectivity index (χ1) is 11.7. The van der Waals surface area contributed by atoms with E-state index in [0.717, 1.165) is 0 Å². The summed E-state index contributed by atoms with van der Waals surface area (Å²) in [5.74, 6) is 0.583. The second kappa shape index (κ2) is 6.02. The van der Waals surface area contributed by atoms with Gasteiger partial charge in [0.2, 0.25) is 0 Å². The highest BCUT2D eigenvalue weighted by Gasteiger charge is 2.19. The van der Waals surface area contributed by atoms with Crippen molar-refractivity contribution >= 4 is 36.9 Å². The van der Waals surface area contributed by atoms with Crippen LogP contribution in [0.1, 0.15) is 0 Å². The molecule has 3 rings (SSSR count). The molecular formula is C14H13N3O6S2. The van der Waals surface area contributed by atoms with Gasteiger partial charge >= 0.3 is 10.1 Å².